The Balaban J connectivity index is 0.000000902. The highest BCUT2D eigenvalue weighted by Gasteiger charge is 2.39. The van der Waals surface area contributed by atoms with Crippen LogP contribution in [-0.2, 0) is 0 Å². The maximum atomic E-state index is 3.52. The molecule has 6 heteroatoms. The van der Waals surface area contributed by atoms with E-state index in [1.54, 1.807) is 0 Å². The average molecular weight is 311 g/mol. The molecule has 3 aliphatic rings. The summed E-state index contributed by atoms with van der Waals surface area (Å²) in [5.41, 5.74) is 0. The van der Waals surface area contributed by atoms with E-state index in [-0.39, 0.29) is 24.8 Å². The van der Waals surface area contributed by atoms with Crippen molar-refractivity contribution in [3.05, 3.63) is 0 Å². The number of rotatable bonds is 0. The fraction of sp³-hybridized carbons (Fsp3) is 1.00. The Labute approximate surface area is 129 Å². The number of piperazine rings is 2. The van der Waals surface area contributed by atoms with E-state index < -0.39 is 0 Å². The molecule has 0 amide bonds. The Hall–Kier alpha value is 0.420. The van der Waals surface area contributed by atoms with Crippen LogP contribution in [0.2, 0.25) is 0 Å². The van der Waals surface area contributed by atoms with E-state index in [4.69, 9.17) is 0 Å². The zero-order valence-electron chi connectivity index (χ0n) is 11.8. The number of nitrogens with zero attached hydrogens (tertiary/aromatic N) is 2. The summed E-state index contributed by atoms with van der Waals surface area (Å²) in [5, 5.41) is 7.03. The molecule has 0 aliphatic carbocycles. The van der Waals surface area contributed by atoms with Gasteiger partial charge in [0.2, 0.25) is 0 Å². The van der Waals surface area contributed by atoms with E-state index in [2.05, 4.69) is 10.6 Å². The maximum absolute atomic E-state index is 3.52. The Kier molecular flexibility index (Phi) is 6.84. The Morgan fingerprint density at radius 3 is 1.21 bits per heavy atom. The van der Waals surface area contributed by atoms with Crippen molar-refractivity contribution in [2.45, 2.75) is 6.42 Å². The first-order chi connectivity index (χ1) is 8.33. The van der Waals surface area contributed by atoms with Crippen LogP contribution in [0.5, 0.6) is 0 Å². The van der Waals surface area contributed by atoms with Crippen LogP contribution in [0.4, 0.5) is 0 Å². The number of quaternary nitrogens is 2. The minimum absolute atomic E-state index is 0. The summed E-state index contributed by atoms with van der Waals surface area (Å²) in [6.45, 7) is 16.2. The molecule has 3 rings (SSSR count). The first-order valence-corrected chi connectivity index (χ1v) is 7.44. The monoisotopic (exact) mass is 310 g/mol. The number of hydrogen-bond donors (Lipinski definition) is 2. The van der Waals surface area contributed by atoms with Gasteiger partial charge in [-0.15, -0.1) is 0 Å². The van der Waals surface area contributed by atoms with Crippen molar-refractivity contribution in [1.29, 1.82) is 0 Å². The third-order valence-corrected chi connectivity index (χ3v) is 5.37. The van der Waals surface area contributed by atoms with Crippen LogP contribution in [0.25, 0.3) is 0 Å². The molecular weight excluding hydrogens is 283 g/mol. The van der Waals surface area contributed by atoms with Crippen LogP contribution in [0, 0.1) is 0 Å². The van der Waals surface area contributed by atoms with E-state index >= 15 is 0 Å². The summed E-state index contributed by atoms with van der Waals surface area (Å²) in [6, 6.07) is 0. The van der Waals surface area contributed by atoms with Gasteiger partial charge in [0.25, 0.3) is 0 Å². The standard InChI is InChI=1S/C13H28N4.2ClH/c1-6-16(8-2-14-3-9-16)12-13-17(7-1)10-4-15-5-11-17;;/h14-15H,1-13H2;2*1H/q+2;;/p-2. The zero-order chi connectivity index (χ0) is 11.6. The van der Waals surface area contributed by atoms with Gasteiger partial charge in [-0.3, -0.25) is 0 Å². The van der Waals surface area contributed by atoms with E-state index in [0.717, 1.165) is 0 Å². The third-order valence-electron chi connectivity index (χ3n) is 5.37. The lowest BCUT2D eigenvalue weighted by atomic mass is 10.2. The molecule has 19 heavy (non-hydrogen) atoms. The predicted octanol–water partition coefficient (Wildman–Crippen LogP) is -6.76. The molecule has 0 unspecified atom stereocenters. The van der Waals surface area contributed by atoms with Gasteiger partial charge in [0.05, 0.1) is 39.3 Å². The first kappa shape index (κ1) is 17.5. The second kappa shape index (κ2) is 7.43. The van der Waals surface area contributed by atoms with Gasteiger partial charge >= 0.3 is 0 Å². The molecule has 0 radical (unpaired) electrons. The molecule has 0 aromatic carbocycles. The van der Waals surface area contributed by atoms with Crippen molar-refractivity contribution >= 4 is 0 Å². The summed E-state index contributed by atoms with van der Waals surface area (Å²) in [5.74, 6) is 0. The van der Waals surface area contributed by atoms with Gasteiger partial charge in [-0.2, -0.15) is 0 Å². The Morgan fingerprint density at radius 1 is 0.474 bits per heavy atom. The molecular formula is C13H28Cl2N4. The highest BCUT2D eigenvalue weighted by molar-refractivity contribution is 4.64. The number of halogens is 2. The van der Waals surface area contributed by atoms with Crippen LogP contribution < -0.4 is 35.4 Å². The molecule has 3 saturated heterocycles. The van der Waals surface area contributed by atoms with Gasteiger partial charge in [-0.25, -0.2) is 0 Å². The quantitative estimate of drug-likeness (QED) is 0.435. The summed E-state index contributed by atoms with van der Waals surface area (Å²) >= 11 is 0. The van der Waals surface area contributed by atoms with E-state index in [1.807, 2.05) is 0 Å². The second-order valence-corrected chi connectivity index (χ2v) is 6.33. The molecule has 114 valence electrons. The highest BCUT2D eigenvalue weighted by Crippen LogP contribution is 2.20. The normalized spacial score (nSPS) is 29.1. The van der Waals surface area contributed by atoms with Crippen LogP contribution in [-0.4, -0.2) is 87.5 Å². The van der Waals surface area contributed by atoms with Gasteiger partial charge in [0.1, 0.15) is 13.1 Å². The van der Waals surface area contributed by atoms with Gasteiger partial charge in [-0.1, -0.05) is 0 Å². The summed E-state index contributed by atoms with van der Waals surface area (Å²) < 4.78 is 2.83. The Morgan fingerprint density at radius 2 is 0.842 bits per heavy atom. The van der Waals surface area contributed by atoms with E-state index in [9.17, 15) is 0 Å². The van der Waals surface area contributed by atoms with Gasteiger partial charge in [0.15, 0.2) is 0 Å². The molecule has 0 bridgehead atoms. The SMILES string of the molecule is C1C[N+]2(CCNCC2)CC[N+]2(C1)CCNCC2.[Cl-].[Cl-]. The van der Waals surface area contributed by atoms with Crippen molar-refractivity contribution < 1.29 is 33.8 Å². The molecule has 0 aromatic heterocycles. The minimum atomic E-state index is 0. The second-order valence-electron chi connectivity index (χ2n) is 6.33. The lowest BCUT2D eigenvalue weighted by molar-refractivity contribution is -0.965. The van der Waals surface area contributed by atoms with Crippen LogP contribution in [0.15, 0.2) is 0 Å². The van der Waals surface area contributed by atoms with Crippen molar-refractivity contribution in [1.82, 2.24) is 10.6 Å². The van der Waals surface area contributed by atoms with Crippen molar-refractivity contribution in [2.75, 3.05) is 78.5 Å². The zero-order valence-corrected chi connectivity index (χ0v) is 13.4. The van der Waals surface area contributed by atoms with E-state index in [0.29, 0.717) is 0 Å². The Bertz CT molecular complexity index is 237. The highest BCUT2D eigenvalue weighted by atomic mass is 35.5. The predicted molar refractivity (Wildman–Crippen MR) is 69.8 cm³/mol. The molecule has 2 spiro atoms. The van der Waals surface area contributed by atoms with E-state index in [1.165, 1.54) is 93.9 Å². The molecule has 2 N–H and O–H groups in total. The van der Waals surface area contributed by atoms with Crippen molar-refractivity contribution in [3.8, 4) is 0 Å². The minimum Gasteiger partial charge on any atom is -1.00 e. The average Bonchev–Trinajstić information content (AvgIpc) is 2.54. The lowest BCUT2D eigenvalue weighted by Gasteiger charge is -2.43. The fourth-order valence-electron chi connectivity index (χ4n) is 4.02. The molecule has 0 aromatic rings. The summed E-state index contributed by atoms with van der Waals surface area (Å²) in [6.07, 6.45) is 1.44. The van der Waals surface area contributed by atoms with Gasteiger partial charge in [-0.05, 0) is 0 Å². The molecule has 3 fully saturated rings. The van der Waals surface area contributed by atoms with Crippen LogP contribution >= 0.6 is 0 Å². The summed E-state index contributed by atoms with van der Waals surface area (Å²) in [4.78, 5) is 0. The first-order valence-electron chi connectivity index (χ1n) is 7.44. The molecule has 3 aliphatic heterocycles. The smallest absolute Gasteiger partial charge is 0.129 e. The van der Waals surface area contributed by atoms with Crippen LogP contribution in [0.1, 0.15) is 6.42 Å². The summed E-state index contributed by atoms with van der Waals surface area (Å²) in [7, 11) is 0. The molecule has 0 atom stereocenters. The van der Waals surface area contributed by atoms with Crippen molar-refractivity contribution in [2.24, 2.45) is 0 Å². The fourth-order valence-corrected chi connectivity index (χ4v) is 4.02. The van der Waals surface area contributed by atoms with Gasteiger partial charge in [0, 0.05) is 32.6 Å². The topological polar surface area (TPSA) is 24.1 Å². The third kappa shape index (κ3) is 3.96. The number of hydrogen-bond acceptors (Lipinski definition) is 2. The number of nitrogens with one attached hydrogen (secondary N) is 2. The van der Waals surface area contributed by atoms with Gasteiger partial charge < -0.3 is 44.4 Å². The molecule has 0 saturated carbocycles. The largest absolute Gasteiger partial charge is 1.00 e. The van der Waals surface area contributed by atoms with Crippen LogP contribution in [0.3, 0.4) is 0 Å². The molecule has 3 heterocycles. The lowest BCUT2D eigenvalue weighted by Crippen LogP contribution is -3.00. The maximum Gasteiger partial charge on any atom is 0.129 e. The van der Waals surface area contributed by atoms with Crippen molar-refractivity contribution in [3.63, 3.8) is 0 Å². The molecule has 4 nitrogen and oxygen atoms in total.